The molecular formula is C8H18O6S3. The van der Waals surface area contributed by atoms with Crippen molar-refractivity contribution in [1.29, 1.82) is 0 Å². The van der Waals surface area contributed by atoms with Crippen LogP contribution in [0.1, 0.15) is 19.8 Å². The van der Waals surface area contributed by atoms with E-state index in [0.29, 0.717) is 6.42 Å². The van der Waals surface area contributed by atoms with E-state index < -0.39 is 22.8 Å². The molecule has 0 atom stereocenters. The quantitative estimate of drug-likeness (QED) is 0.298. The van der Waals surface area contributed by atoms with Crippen molar-refractivity contribution in [3.8, 4) is 0 Å². The van der Waals surface area contributed by atoms with Crippen molar-refractivity contribution in [1.82, 2.24) is 0 Å². The molecule has 0 saturated heterocycles. The van der Waals surface area contributed by atoms with E-state index in [1.54, 1.807) is 0 Å². The first-order valence-corrected chi connectivity index (χ1v) is 6.13. The number of hydrogen-bond acceptors (Lipinski definition) is 7. The van der Waals surface area contributed by atoms with Gasteiger partial charge >= 0.3 is 11.9 Å². The minimum absolute atomic E-state index is 0.0833. The molecular weight excluding hydrogens is 288 g/mol. The molecule has 4 N–H and O–H groups in total. The molecule has 0 saturated carbocycles. The van der Waals surface area contributed by atoms with E-state index in [0.717, 1.165) is 6.42 Å². The van der Waals surface area contributed by atoms with Gasteiger partial charge < -0.3 is 20.4 Å². The summed E-state index contributed by atoms with van der Waals surface area (Å²) < 4.78 is -0.843. The molecule has 0 unspecified atom stereocenters. The molecule has 0 aromatic rings. The zero-order valence-corrected chi connectivity index (χ0v) is 11.9. The molecule has 0 amide bonds. The lowest BCUT2D eigenvalue weighted by Crippen LogP contribution is -2.04. The monoisotopic (exact) mass is 306 g/mol. The Bertz CT molecular complexity index is 198. The number of carboxylic acid groups (broad SMARTS) is 2. The Kier molecular flexibility index (Phi) is 20.7. The van der Waals surface area contributed by atoms with Crippen LogP contribution in [0, 0.1) is 0 Å². The van der Waals surface area contributed by atoms with Crippen LogP contribution in [-0.4, -0.2) is 49.0 Å². The largest absolute Gasteiger partial charge is 0.481 e. The first-order chi connectivity index (χ1) is 7.68. The fourth-order valence-electron chi connectivity index (χ4n) is 0.258. The average Bonchev–Trinajstić information content (AvgIpc) is 2.19. The summed E-state index contributed by atoms with van der Waals surface area (Å²) in [7, 11) is 0. The summed E-state index contributed by atoms with van der Waals surface area (Å²) >= 11 is 10.3. The lowest BCUT2D eigenvalue weighted by molar-refractivity contribution is -0.135. The summed E-state index contributed by atoms with van der Waals surface area (Å²) in [5.41, 5.74) is 0. The SMILES string of the molecule is CCCC(O)O.O=C(O)C(S)S.O=C(O)CS. The zero-order valence-electron chi connectivity index (χ0n) is 9.22. The van der Waals surface area contributed by atoms with Crippen LogP contribution in [0.4, 0.5) is 0 Å². The molecule has 104 valence electrons. The Morgan fingerprint density at radius 2 is 1.47 bits per heavy atom. The van der Waals surface area contributed by atoms with Crippen molar-refractivity contribution in [2.75, 3.05) is 5.75 Å². The number of aliphatic hydroxyl groups is 2. The van der Waals surface area contributed by atoms with Gasteiger partial charge in [0.2, 0.25) is 0 Å². The maximum atomic E-state index is 9.55. The van der Waals surface area contributed by atoms with E-state index in [-0.39, 0.29) is 5.75 Å². The van der Waals surface area contributed by atoms with E-state index in [9.17, 15) is 9.59 Å². The van der Waals surface area contributed by atoms with Crippen LogP contribution in [0.2, 0.25) is 0 Å². The molecule has 0 fully saturated rings. The van der Waals surface area contributed by atoms with Crippen LogP contribution < -0.4 is 0 Å². The fraction of sp³-hybridized carbons (Fsp3) is 0.750. The highest BCUT2D eigenvalue weighted by atomic mass is 32.2. The molecule has 0 spiro atoms. The summed E-state index contributed by atoms with van der Waals surface area (Å²) in [4.78, 5) is 18.8. The molecule has 0 rings (SSSR count). The molecule has 0 aromatic heterocycles. The van der Waals surface area contributed by atoms with Crippen LogP contribution in [0.5, 0.6) is 0 Å². The second-order valence-electron chi connectivity index (χ2n) is 2.53. The Balaban J connectivity index is -0.000000174. The van der Waals surface area contributed by atoms with Crippen LogP contribution in [0.15, 0.2) is 0 Å². The third kappa shape index (κ3) is 38.8. The minimum Gasteiger partial charge on any atom is -0.481 e. The molecule has 0 heterocycles. The number of aliphatic carboxylic acids is 2. The van der Waals surface area contributed by atoms with Crippen molar-refractivity contribution in [3.05, 3.63) is 0 Å². The van der Waals surface area contributed by atoms with E-state index in [4.69, 9.17) is 20.4 Å². The zero-order chi connectivity index (χ0) is 14.4. The Morgan fingerprint density at radius 3 is 1.47 bits per heavy atom. The van der Waals surface area contributed by atoms with Gasteiger partial charge in [0.1, 0.15) is 4.58 Å². The third-order valence-corrected chi connectivity index (χ3v) is 1.62. The molecule has 6 nitrogen and oxygen atoms in total. The number of thiol groups is 3. The van der Waals surface area contributed by atoms with Gasteiger partial charge in [0, 0.05) is 0 Å². The van der Waals surface area contributed by atoms with Crippen molar-refractivity contribution in [2.45, 2.75) is 30.6 Å². The normalized spacial score (nSPS) is 8.94. The van der Waals surface area contributed by atoms with Crippen molar-refractivity contribution in [3.63, 3.8) is 0 Å². The molecule has 0 radical (unpaired) electrons. The maximum absolute atomic E-state index is 9.55. The number of rotatable bonds is 4. The Hall–Kier alpha value is -0.0900. The van der Waals surface area contributed by atoms with Crippen molar-refractivity contribution < 1.29 is 30.0 Å². The van der Waals surface area contributed by atoms with Gasteiger partial charge in [0.25, 0.3) is 0 Å². The number of aliphatic hydroxyl groups excluding tert-OH is 1. The van der Waals surface area contributed by atoms with Crippen molar-refractivity contribution in [2.24, 2.45) is 0 Å². The standard InChI is InChI=1S/C4H10O2.C2H4O2S2.C2H4O2S/c1-2-3-4(5)6;3-1(4)2(5)6;3-2(4)1-5/h4-6H,2-3H2,1H3;2,5-6H,(H,3,4);5H,1H2,(H,3,4). The van der Waals surface area contributed by atoms with Gasteiger partial charge in [-0.05, 0) is 6.42 Å². The van der Waals surface area contributed by atoms with Gasteiger partial charge in [0.05, 0.1) is 5.75 Å². The van der Waals surface area contributed by atoms with E-state index in [1.165, 1.54) is 0 Å². The smallest absolute Gasteiger partial charge is 0.326 e. The maximum Gasteiger partial charge on any atom is 0.326 e. The number of hydrogen-bond donors (Lipinski definition) is 7. The highest BCUT2D eigenvalue weighted by Crippen LogP contribution is 1.96. The summed E-state index contributed by atoms with van der Waals surface area (Å²) in [5.74, 6) is -1.98. The average molecular weight is 306 g/mol. The van der Waals surface area contributed by atoms with Gasteiger partial charge in [-0.3, -0.25) is 9.59 Å². The highest BCUT2D eigenvalue weighted by molar-refractivity contribution is 8.00. The minimum atomic E-state index is -1.10. The second-order valence-corrected chi connectivity index (χ2v) is 4.29. The third-order valence-electron chi connectivity index (χ3n) is 0.903. The summed E-state index contributed by atoms with van der Waals surface area (Å²) in [6.07, 6.45) is 0.215. The summed E-state index contributed by atoms with van der Waals surface area (Å²) in [6, 6.07) is 0. The number of carboxylic acids is 2. The molecule has 0 aliphatic carbocycles. The van der Waals surface area contributed by atoms with Gasteiger partial charge in [-0.1, -0.05) is 13.3 Å². The van der Waals surface area contributed by atoms with Crippen LogP contribution in [0.25, 0.3) is 0 Å². The fourth-order valence-corrected chi connectivity index (χ4v) is 0.258. The topological polar surface area (TPSA) is 115 Å². The van der Waals surface area contributed by atoms with Crippen LogP contribution in [0.3, 0.4) is 0 Å². The van der Waals surface area contributed by atoms with Gasteiger partial charge in [-0.15, -0.1) is 0 Å². The van der Waals surface area contributed by atoms with Gasteiger partial charge in [0.15, 0.2) is 6.29 Å². The lowest BCUT2D eigenvalue weighted by Gasteiger charge is -1.94. The van der Waals surface area contributed by atoms with E-state index >= 15 is 0 Å². The van der Waals surface area contributed by atoms with Crippen LogP contribution >= 0.6 is 37.9 Å². The predicted molar refractivity (Wildman–Crippen MR) is 74.0 cm³/mol. The molecule has 0 aliphatic heterocycles. The highest BCUT2D eigenvalue weighted by Gasteiger charge is 2.01. The molecule has 9 heteroatoms. The molecule has 0 aliphatic rings. The summed E-state index contributed by atoms with van der Waals surface area (Å²) in [6.45, 7) is 1.90. The Morgan fingerprint density at radius 1 is 1.18 bits per heavy atom. The Labute approximate surface area is 116 Å². The molecule has 17 heavy (non-hydrogen) atoms. The van der Waals surface area contributed by atoms with Crippen molar-refractivity contribution >= 4 is 49.8 Å². The second kappa shape index (κ2) is 15.9. The lowest BCUT2D eigenvalue weighted by atomic mass is 10.3. The van der Waals surface area contributed by atoms with Gasteiger partial charge in [-0.2, -0.15) is 37.9 Å². The van der Waals surface area contributed by atoms with E-state index in [2.05, 4.69) is 37.9 Å². The molecule has 0 aromatic carbocycles. The first kappa shape index (κ1) is 22.1. The van der Waals surface area contributed by atoms with E-state index in [1.807, 2.05) is 6.92 Å². The first-order valence-electron chi connectivity index (χ1n) is 4.46. The summed E-state index contributed by atoms with van der Waals surface area (Å²) in [5, 5.41) is 31.7. The predicted octanol–water partition coefficient (Wildman–Crippen LogP) is 0.355. The molecule has 0 bridgehead atoms. The van der Waals surface area contributed by atoms with Gasteiger partial charge in [-0.25, -0.2) is 0 Å². The number of carbonyl (C=O) groups is 2. The van der Waals surface area contributed by atoms with Crippen LogP contribution in [-0.2, 0) is 9.59 Å².